The minimum absolute atomic E-state index is 0.0144. The molecule has 0 N–H and O–H groups in total. The minimum atomic E-state index is -0.0144. The lowest BCUT2D eigenvalue weighted by Gasteiger charge is -2.24. The lowest BCUT2D eigenvalue weighted by atomic mass is 10.1. The van der Waals surface area contributed by atoms with Crippen LogP contribution in [0.25, 0.3) is 23.0 Å². The van der Waals surface area contributed by atoms with Crippen LogP contribution in [0.15, 0.2) is 59.4 Å². The van der Waals surface area contributed by atoms with Gasteiger partial charge in [-0.25, -0.2) is 0 Å². The van der Waals surface area contributed by atoms with Crippen LogP contribution in [0.4, 0.5) is 0 Å². The largest absolute Gasteiger partial charge is 0.365 e. The fourth-order valence-electron chi connectivity index (χ4n) is 3.15. The zero-order valence-corrected chi connectivity index (χ0v) is 14.7. The molecule has 4 aromatic rings. The number of rotatable bonds is 3. The first-order valence-electron chi connectivity index (χ1n) is 8.75. The van der Waals surface area contributed by atoms with Gasteiger partial charge in [0, 0.05) is 18.0 Å². The molecule has 0 saturated heterocycles. The van der Waals surface area contributed by atoms with Gasteiger partial charge in [0.25, 0.3) is 5.89 Å². The molecule has 1 aromatic carbocycles. The second-order valence-electron chi connectivity index (χ2n) is 6.58. The highest BCUT2D eigenvalue weighted by molar-refractivity contribution is 5.56. The van der Waals surface area contributed by atoms with Crippen molar-refractivity contribution < 1.29 is 9.26 Å². The highest BCUT2D eigenvalue weighted by atomic mass is 16.5. The Kier molecular flexibility index (Phi) is 3.79. The zero-order valence-electron chi connectivity index (χ0n) is 14.7. The van der Waals surface area contributed by atoms with Crippen LogP contribution in [0.2, 0.25) is 0 Å². The maximum Gasteiger partial charge on any atom is 0.278 e. The molecule has 3 aromatic heterocycles. The van der Waals surface area contributed by atoms with Crippen molar-refractivity contribution in [3.05, 3.63) is 71.7 Å². The molecular formula is C20H17N5O2. The van der Waals surface area contributed by atoms with Crippen LogP contribution >= 0.6 is 0 Å². The lowest BCUT2D eigenvalue weighted by Crippen LogP contribution is -2.21. The van der Waals surface area contributed by atoms with Crippen LogP contribution in [0, 0.1) is 6.92 Å². The number of aromatic nitrogens is 5. The summed E-state index contributed by atoms with van der Waals surface area (Å²) >= 11 is 0. The average Bonchev–Trinajstić information content (AvgIpc) is 3.36. The third kappa shape index (κ3) is 3.02. The van der Waals surface area contributed by atoms with Crippen LogP contribution in [-0.4, -0.2) is 24.9 Å². The Morgan fingerprint density at radius 1 is 1.15 bits per heavy atom. The Morgan fingerprint density at radius 3 is 2.85 bits per heavy atom. The summed E-state index contributed by atoms with van der Waals surface area (Å²) < 4.78 is 13.4. The number of aryl methyl sites for hydroxylation is 1. The van der Waals surface area contributed by atoms with Crippen LogP contribution in [0.3, 0.4) is 0 Å². The van der Waals surface area contributed by atoms with Crippen molar-refractivity contribution in [3.63, 3.8) is 0 Å². The molecule has 7 heteroatoms. The zero-order chi connectivity index (χ0) is 18.2. The van der Waals surface area contributed by atoms with E-state index >= 15 is 0 Å². The van der Waals surface area contributed by atoms with Gasteiger partial charge in [-0.3, -0.25) is 9.67 Å². The predicted molar refractivity (Wildman–Crippen MR) is 97.5 cm³/mol. The average molecular weight is 359 g/mol. The number of ether oxygens (including phenoxy) is 1. The van der Waals surface area contributed by atoms with Crippen LogP contribution in [0.1, 0.15) is 22.9 Å². The first-order valence-corrected chi connectivity index (χ1v) is 8.75. The van der Waals surface area contributed by atoms with Crippen LogP contribution in [-0.2, 0) is 17.9 Å². The van der Waals surface area contributed by atoms with E-state index in [0.29, 0.717) is 30.6 Å². The van der Waals surface area contributed by atoms with Crippen molar-refractivity contribution in [1.82, 2.24) is 24.9 Å². The summed E-state index contributed by atoms with van der Waals surface area (Å²) in [4.78, 5) is 8.53. The SMILES string of the molecule is Cc1ccc(C2Cn3nc(-c4nc(-c5cccnc5)no4)cc3CO2)cc1. The summed E-state index contributed by atoms with van der Waals surface area (Å²) in [5, 5.41) is 8.68. The van der Waals surface area contributed by atoms with Gasteiger partial charge in [-0.15, -0.1) is 0 Å². The molecule has 0 aliphatic carbocycles. The van der Waals surface area contributed by atoms with Gasteiger partial charge in [0.2, 0.25) is 5.82 Å². The third-order valence-electron chi connectivity index (χ3n) is 4.65. The van der Waals surface area contributed by atoms with E-state index in [0.717, 1.165) is 16.8 Å². The fourth-order valence-corrected chi connectivity index (χ4v) is 3.15. The molecule has 0 saturated carbocycles. The van der Waals surface area contributed by atoms with Gasteiger partial charge >= 0.3 is 0 Å². The van der Waals surface area contributed by atoms with Crippen molar-refractivity contribution in [3.8, 4) is 23.0 Å². The van der Waals surface area contributed by atoms with Gasteiger partial charge < -0.3 is 9.26 Å². The normalized spacial score (nSPS) is 16.3. The Labute approximate surface area is 155 Å². The van der Waals surface area contributed by atoms with E-state index in [-0.39, 0.29) is 6.10 Å². The topological polar surface area (TPSA) is 78.9 Å². The summed E-state index contributed by atoms with van der Waals surface area (Å²) in [5.74, 6) is 0.889. The number of hydrogen-bond donors (Lipinski definition) is 0. The van der Waals surface area contributed by atoms with E-state index in [1.165, 1.54) is 5.56 Å². The molecule has 0 radical (unpaired) electrons. The quantitative estimate of drug-likeness (QED) is 0.556. The smallest absolute Gasteiger partial charge is 0.278 e. The molecule has 1 unspecified atom stereocenters. The van der Waals surface area contributed by atoms with Crippen LogP contribution < -0.4 is 0 Å². The molecule has 134 valence electrons. The predicted octanol–water partition coefficient (Wildman–Crippen LogP) is 3.58. The van der Waals surface area contributed by atoms with E-state index in [1.54, 1.807) is 12.4 Å². The van der Waals surface area contributed by atoms with E-state index in [9.17, 15) is 0 Å². The maximum absolute atomic E-state index is 6.02. The Hall–Kier alpha value is -3.32. The second-order valence-corrected chi connectivity index (χ2v) is 6.58. The summed E-state index contributed by atoms with van der Waals surface area (Å²) in [7, 11) is 0. The lowest BCUT2D eigenvalue weighted by molar-refractivity contribution is -0.00113. The van der Waals surface area contributed by atoms with Gasteiger partial charge in [-0.05, 0) is 30.7 Å². The number of pyridine rings is 1. The highest BCUT2D eigenvalue weighted by Gasteiger charge is 2.24. The van der Waals surface area contributed by atoms with Crippen LogP contribution in [0.5, 0.6) is 0 Å². The molecule has 1 aliphatic heterocycles. The van der Waals surface area contributed by atoms with Gasteiger partial charge in [-0.1, -0.05) is 35.0 Å². The molecule has 27 heavy (non-hydrogen) atoms. The first-order chi connectivity index (χ1) is 13.3. The van der Waals surface area contributed by atoms with Gasteiger partial charge in [-0.2, -0.15) is 10.1 Å². The standard InChI is InChI=1S/C20H17N5O2/c1-13-4-6-14(7-5-13)18-11-25-16(12-26-18)9-17(23-25)20-22-19(24-27-20)15-3-2-8-21-10-15/h2-10,18H,11-12H2,1H3. The number of nitrogens with zero attached hydrogens (tertiary/aromatic N) is 5. The van der Waals surface area contributed by atoms with Crippen molar-refractivity contribution in [2.75, 3.05) is 0 Å². The minimum Gasteiger partial charge on any atom is -0.365 e. The molecule has 0 amide bonds. The Morgan fingerprint density at radius 2 is 2.04 bits per heavy atom. The summed E-state index contributed by atoms with van der Waals surface area (Å²) in [6.07, 6.45) is 3.39. The van der Waals surface area contributed by atoms with Gasteiger partial charge in [0.15, 0.2) is 5.69 Å². The molecule has 1 atom stereocenters. The van der Waals surface area contributed by atoms with E-state index in [1.807, 2.05) is 22.9 Å². The highest BCUT2D eigenvalue weighted by Crippen LogP contribution is 2.29. The molecule has 0 bridgehead atoms. The summed E-state index contributed by atoms with van der Waals surface area (Å²) in [5.41, 5.74) is 4.84. The Balaban J connectivity index is 1.40. The molecule has 4 heterocycles. The van der Waals surface area contributed by atoms with Crippen molar-refractivity contribution in [1.29, 1.82) is 0 Å². The summed E-state index contributed by atoms with van der Waals surface area (Å²) in [6.45, 7) is 3.23. The number of benzene rings is 1. The first kappa shape index (κ1) is 15.9. The number of fused-ring (bicyclic) bond motifs is 1. The van der Waals surface area contributed by atoms with Gasteiger partial charge in [0.1, 0.15) is 6.10 Å². The van der Waals surface area contributed by atoms with E-state index < -0.39 is 0 Å². The molecule has 1 aliphatic rings. The molecule has 5 rings (SSSR count). The van der Waals surface area contributed by atoms with Gasteiger partial charge in [0.05, 0.1) is 18.8 Å². The fraction of sp³-hybridized carbons (Fsp3) is 0.200. The summed E-state index contributed by atoms with van der Waals surface area (Å²) in [6, 6.07) is 14.1. The van der Waals surface area contributed by atoms with Crippen molar-refractivity contribution in [2.45, 2.75) is 26.2 Å². The monoisotopic (exact) mass is 359 g/mol. The second kappa shape index (κ2) is 6.44. The molecule has 0 spiro atoms. The Bertz CT molecular complexity index is 1070. The maximum atomic E-state index is 6.02. The molecule has 7 nitrogen and oxygen atoms in total. The molecule has 0 fully saturated rings. The van der Waals surface area contributed by atoms with E-state index in [4.69, 9.17) is 9.26 Å². The molecular weight excluding hydrogens is 342 g/mol. The van der Waals surface area contributed by atoms with Crippen molar-refractivity contribution in [2.24, 2.45) is 0 Å². The van der Waals surface area contributed by atoms with Crippen molar-refractivity contribution >= 4 is 0 Å². The third-order valence-corrected chi connectivity index (χ3v) is 4.65. The van der Waals surface area contributed by atoms with E-state index in [2.05, 4.69) is 51.4 Å². The number of hydrogen-bond acceptors (Lipinski definition) is 6.